The van der Waals surface area contributed by atoms with Crippen LogP contribution in [0.2, 0.25) is 0 Å². The zero-order valence-electron chi connectivity index (χ0n) is 20.2. The number of carbonyl (C=O) groups is 1. The van der Waals surface area contributed by atoms with Crippen LogP contribution in [0.15, 0.2) is 18.2 Å². The molecule has 0 saturated carbocycles. The summed E-state index contributed by atoms with van der Waals surface area (Å²) in [7, 11) is -1.64. The van der Waals surface area contributed by atoms with Crippen molar-refractivity contribution in [1.82, 2.24) is 4.72 Å². The third-order valence-corrected chi connectivity index (χ3v) is 8.28. The average Bonchev–Trinajstić information content (AvgIpc) is 3.11. The number of hydrogen-bond donors (Lipinski definition) is 1. The lowest BCUT2D eigenvalue weighted by Gasteiger charge is -2.30. The van der Waals surface area contributed by atoms with Crippen LogP contribution in [0.25, 0.3) is 0 Å². The number of methoxy groups -OCH3 is 1. The molecular formula is C25H35NO5S2. The van der Waals surface area contributed by atoms with Crippen molar-refractivity contribution < 1.29 is 22.7 Å². The number of sulfonamides is 1. The predicted octanol–water partition coefficient (Wildman–Crippen LogP) is 4.58. The SMILES string of the molecule is CCc1sc(C(=O)CCc2ccc(OCCNS(C)(=O)=O)cc2OC)c2c1CC(C)(C)CC2. The van der Waals surface area contributed by atoms with Gasteiger partial charge in [-0.3, -0.25) is 4.79 Å². The molecule has 0 atom stereocenters. The monoisotopic (exact) mass is 493 g/mol. The first-order chi connectivity index (χ1) is 15.5. The summed E-state index contributed by atoms with van der Waals surface area (Å²) in [5, 5.41) is 0. The summed E-state index contributed by atoms with van der Waals surface area (Å²) in [6, 6.07) is 5.52. The fraction of sp³-hybridized carbons (Fsp3) is 0.560. The van der Waals surface area contributed by atoms with Gasteiger partial charge in [0.25, 0.3) is 0 Å². The second-order valence-corrected chi connectivity index (χ2v) is 12.4. The molecule has 0 unspecified atom stereocenters. The van der Waals surface area contributed by atoms with Gasteiger partial charge in [0.15, 0.2) is 5.78 Å². The molecule has 1 N–H and O–H groups in total. The van der Waals surface area contributed by atoms with Crippen molar-refractivity contribution in [1.29, 1.82) is 0 Å². The Balaban J connectivity index is 1.65. The zero-order chi connectivity index (χ0) is 24.2. The maximum atomic E-state index is 13.2. The van der Waals surface area contributed by atoms with Crippen LogP contribution in [0.5, 0.6) is 11.5 Å². The molecule has 0 bridgehead atoms. The molecule has 1 aliphatic carbocycles. The van der Waals surface area contributed by atoms with Crippen molar-refractivity contribution in [3.63, 3.8) is 0 Å². The molecule has 2 aromatic rings. The molecular weight excluding hydrogens is 458 g/mol. The van der Waals surface area contributed by atoms with E-state index < -0.39 is 10.0 Å². The Morgan fingerprint density at radius 3 is 2.67 bits per heavy atom. The number of carbonyl (C=O) groups excluding carboxylic acids is 1. The minimum atomic E-state index is -3.23. The first-order valence-corrected chi connectivity index (χ1v) is 14.1. The maximum absolute atomic E-state index is 13.2. The summed E-state index contributed by atoms with van der Waals surface area (Å²) in [6.45, 7) is 7.22. The van der Waals surface area contributed by atoms with Gasteiger partial charge in [0, 0.05) is 23.9 Å². The molecule has 0 fully saturated rings. The number of aryl methyl sites for hydroxylation is 2. The number of hydrogen-bond acceptors (Lipinski definition) is 6. The van der Waals surface area contributed by atoms with Gasteiger partial charge < -0.3 is 9.47 Å². The summed E-state index contributed by atoms with van der Waals surface area (Å²) in [6.07, 6.45) is 6.29. The van der Waals surface area contributed by atoms with Crippen molar-refractivity contribution in [3.8, 4) is 11.5 Å². The van der Waals surface area contributed by atoms with Crippen molar-refractivity contribution in [2.24, 2.45) is 5.41 Å². The van der Waals surface area contributed by atoms with Crippen molar-refractivity contribution in [3.05, 3.63) is 44.6 Å². The molecule has 1 aliphatic rings. The Morgan fingerprint density at radius 2 is 2.00 bits per heavy atom. The van der Waals surface area contributed by atoms with E-state index in [-0.39, 0.29) is 18.9 Å². The Kier molecular flexibility index (Phi) is 8.24. The summed E-state index contributed by atoms with van der Waals surface area (Å²) in [5.74, 6) is 1.48. The summed E-state index contributed by atoms with van der Waals surface area (Å²) >= 11 is 1.70. The second-order valence-electron chi connectivity index (χ2n) is 9.42. The Hall–Kier alpha value is -1.90. The van der Waals surface area contributed by atoms with E-state index in [0.717, 1.165) is 42.4 Å². The molecule has 1 heterocycles. The molecule has 33 heavy (non-hydrogen) atoms. The largest absolute Gasteiger partial charge is 0.496 e. The van der Waals surface area contributed by atoms with Gasteiger partial charge >= 0.3 is 0 Å². The third kappa shape index (κ3) is 6.80. The van der Waals surface area contributed by atoms with E-state index in [1.807, 2.05) is 12.1 Å². The number of benzene rings is 1. The van der Waals surface area contributed by atoms with E-state index in [1.165, 1.54) is 16.0 Å². The molecule has 1 aromatic heterocycles. The van der Waals surface area contributed by atoms with Gasteiger partial charge in [-0.25, -0.2) is 13.1 Å². The number of fused-ring (bicyclic) bond motifs is 1. The van der Waals surface area contributed by atoms with E-state index in [0.29, 0.717) is 29.8 Å². The summed E-state index contributed by atoms with van der Waals surface area (Å²) in [5.41, 5.74) is 3.97. The van der Waals surface area contributed by atoms with E-state index in [1.54, 1.807) is 24.5 Å². The lowest BCUT2D eigenvalue weighted by Crippen LogP contribution is -2.26. The maximum Gasteiger partial charge on any atom is 0.208 e. The van der Waals surface area contributed by atoms with Crippen LogP contribution in [0.1, 0.15) is 64.9 Å². The quantitative estimate of drug-likeness (QED) is 0.366. The highest BCUT2D eigenvalue weighted by Gasteiger charge is 2.31. The van der Waals surface area contributed by atoms with Crippen LogP contribution in [0, 0.1) is 5.41 Å². The van der Waals surface area contributed by atoms with Crippen LogP contribution in [0.3, 0.4) is 0 Å². The first-order valence-electron chi connectivity index (χ1n) is 11.4. The topological polar surface area (TPSA) is 81.7 Å². The van der Waals surface area contributed by atoms with E-state index in [2.05, 4.69) is 25.5 Å². The first kappa shape index (κ1) is 25.7. The highest BCUT2D eigenvalue weighted by Crippen LogP contribution is 2.42. The van der Waals surface area contributed by atoms with Crippen LogP contribution in [-0.4, -0.2) is 40.7 Å². The Morgan fingerprint density at radius 1 is 1.24 bits per heavy atom. The minimum Gasteiger partial charge on any atom is -0.496 e. The van der Waals surface area contributed by atoms with Crippen LogP contribution in [0.4, 0.5) is 0 Å². The molecule has 0 aliphatic heterocycles. The van der Waals surface area contributed by atoms with Crippen molar-refractivity contribution >= 4 is 27.1 Å². The highest BCUT2D eigenvalue weighted by molar-refractivity contribution is 7.88. The molecule has 182 valence electrons. The van der Waals surface area contributed by atoms with E-state index in [4.69, 9.17) is 9.47 Å². The summed E-state index contributed by atoms with van der Waals surface area (Å²) < 4.78 is 35.8. The molecule has 0 radical (unpaired) electrons. The van der Waals surface area contributed by atoms with Crippen molar-refractivity contribution in [2.75, 3.05) is 26.5 Å². The number of rotatable bonds is 11. The molecule has 6 nitrogen and oxygen atoms in total. The van der Waals surface area contributed by atoms with Crippen LogP contribution in [-0.2, 0) is 35.7 Å². The smallest absolute Gasteiger partial charge is 0.208 e. The predicted molar refractivity (Wildman–Crippen MR) is 133 cm³/mol. The molecule has 3 rings (SSSR count). The lowest BCUT2D eigenvalue weighted by molar-refractivity contribution is 0.0985. The van der Waals surface area contributed by atoms with Gasteiger partial charge in [0.05, 0.1) is 18.2 Å². The van der Waals surface area contributed by atoms with Gasteiger partial charge in [-0.15, -0.1) is 11.3 Å². The number of nitrogens with one attached hydrogen (secondary N) is 1. The van der Waals surface area contributed by atoms with Crippen molar-refractivity contribution in [2.45, 2.75) is 59.3 Å². The van der Waals surface area contributed by atoms with Crippen LogP contribution < -0.4 is 14.2 Å². The van der Waals surface area contributed by atoms with E-state index >= 15 is 0 Å². The number of thiophene rings is 1. The molecule has 1 aromatic carbocycles. The Labute approximate surface area is 201 Å². The molecule has 8 heteroatoms. The number of Topliss-reactive ketones (excluding diaryl/α,β-unsaturated/α-hetero) is 1. The average molecular weight is 494 g/mol. The van der Waals surface area contributed by atoms with Gasteiger partial charge in [0.2, 0.25) is 10.0 Å². The highest BCUT2D eigenvalue weighted by atomic mass is 32.2. The fourth-order valence-corrected chi connectivity index (χ4v) is 6.07. The second kappa shape index (κ2) is 10.6. The number of ether oxygens (including phenoxy) is 2. The molecule has 0 amide bonds. The Bertz CT molecular complexity index is 1100. The number of ketones is 1. The fourth-order valence-electron chi connectivity index (χ4n) is 4.34. The van der Waals surface area contributed by atoms with Gasteiger partial charge in [-0.2, -0.15) is 0 Å². The van der Waals surface area contributed by atoms with Gasteiger partial charge in [-0.05, 0) is 60.3 Å². The molecule has 0 spiro atoms. The van der Waals surface area contributed by atoms with E-state index in [9.17, 15) is 13.2 Å². The zero-order valence-corrected chi connectivity index (χ0v) is 21.9. The minimum absolute atomic E-state index is 0.194. The normalized spacial score (nSPS) is 15.2. The standard InChI is InChI=1S/C25H35NO5S2/c1-6-23-20-16-25(2,3)12-11-19(20)24(32-23)21(27)10-8-17-7-9-18(15-22(17)30-4)31-14-13-26-33(5,28)29/h7,9,15,26H,6,8,10-14,16H2,1-5H3. The summed E-state index contributed by atoms with van der Waals surface area (Å²) in [4.78, 5) is 15.5. The third-order valence-electron chi connectivity index (χ3n) is 6.10. The van der Waals surface area contributed by atoms with Gasteiger partial charge in [0.1, 0.15) is 18.1 Å². The molecule has 0 saturated heterocycles. The van der Waals surface area contributed by atoms with Crippen LogP contribution >= 0.6 is 11.3 Å². The lowest BCUT2D eigenvalue weighted by atomic mass is 9.74. The van der Waals surface area contributed by atoms with Gasteiger partial charge in [-0.1, -0.05) is 26.8 Å².